The van der Waals surface area contributed by atoms with Gasteiger partial charge >= 0.3 is 5.97 Å². The van der Waals surface area contributed by atoms with Gasteiger partial charge < -0.3 is 9.67 Å². The van der Waals surface area contributed by atoms with E-state index >= 15 is 0 Å². The fraction of sp³-hybridized carbons (Fsp3) is 0.176. The lowest BCUT2D eigenvalue weighted by atomic mass is 10.1. The Balaban J connectivity index is 2.25. The zero-order valence-corrected chi connectivity index (χ0v) is 12.4. The van der Waals surface area contributed by atoms with Gasteiger partial charge in [-0.1, -0.05) is 24.3 Å². The van der Waals surface area contributed by atoms with Crippen molar-refractivity contribution in [3.05, 3.63) is 53.6 Å². The van der Waals surface area contributed by atoms with Crippen LogP contribution in [0.4, 0.5) is 8.78 Å². The summed E-state index contributed by atoms with van der Waals surface area (Å²) in [6.07, 6.45) is -0.136. The van der Waals surface area contributed by atoms with Crippen molar-refractivity contribution in [2.45, 2.75) is 19.9 Å². The van der Waals surface area contributed by atoms with Gasteiger partial charge in [-0.05, 0) is 12.5 Å². The summed E-state index contributed by atoms with van der Waals surface area (Å²) in [5.74, 6) is -2.42. The number of hydrogen-bond donors (Lipinski definition) is 1. The molecule has 0 saturated heterocycles. The van der Waals surface area contributed by atoms with Crippen LogP contribution in [0.25, 0.3) is 22.4 Å². The topological polar surface area (TPSA) is 55.1 Å². The van der Waals surface area contributed by atoms with Gasteiger partial charge in [0.05, 0.1) is 17.5 Å². The van der Waals surface area contributed by atoms with Crippen molar-refractivity contribution in [2.75, 3.05) is 0 Å². The van der Waals surface area contributed by atoms with Crippen molar-refractivity contribution >= 4 is 17.0 Å². The van der Waals surface area contributed by atoms with E-state index < -0.39 is 17.6 Å². The lowest BCUT2D eigenvalue weighted by molar-refractivity contribution is -0.137. The van der Waals surface area contributed by atoms with E-state index in [2.05, 4.69) is 4.98 Å². The smallest absolute Gasteiger partial charge is 0.305 e. The third-order valence-electron chi connectivity index (χ3n) is 3.73. The molecule has 3 rings (SSSR count). The third kappa shape index (κ3) is 2.79. The number of aryl methyl sites for hydroxylation is 2. The summed E-state index contributed by atoms with van der Waals surface area (Å²) >= 11 is 0. The second-order valence-electron chi connectivity index (χ2n) is 5.30. The molecular formula is C17H14F2N2O2. The number of carboxylic acids is 1. The standard InChI is InChI=1S/C17H14F2N2O2/c1-10-4-2-3-5-11(10)17-20-14-8-12(18)13(19)9-15(14)21(17)7-6-16(22)23/h2-5,8-9H,6-7H2,1H3,(H,22,23). The zero-order valence-electron chi connectivity index (χ0n) is 12.4. The first-order chi connectivity index (χ1) is 11.0. The van der Waals surface area contributed by atoms with Gasteiger partial charge in [0.25, 0.3) is 0 Å². The highest BCUT2D eigenvalue weighted by atomic mass is 19.2. The maximum Gasteiger partial charge on any atom is 0.305 e. The molecule has 0 aliphatic carbocycles. The van der Waals surface area contributed by atoms with Gasteiger partial charge in [-0.3, -0.25) is 4.79 Å². The van der Waals surface area contributed by atoms with Crippen molar-refractivity contribution in [2.24, 2.45) is 0 Å². The number of aliphatic carboxylic acids is 1. The Morgan fingerprint density at radius 2 is 1.91 bits per heavy atom. The molecule has 118 valence electrons. The maximum absolute atomic E-state index is 13.6. The molecular weight excluding hydrogens is 302 g/mol. The monoisotopic (exact) mass is 316 g/mol. The van der Waals surface area contributed by atoms with Gasteiger partial charge in [0.2, 0.25) is 0 Å². The molecule has 4 nitrogen and oxygen atoms in total. The van der Waals surface area contributed by atoms with E-state index in [9.17, 15) is 13.6 Å². The minimum atomic E-state index is -0.981. The molecule has 1 aromatic heterocycles. The molecule has 1 N–H and O–H groups in total. The molecule has 23 heavy (non-hydrogen) atoms. The average Bonchev–Trinajstić information content (AvgIpc) is 2.83. The first kappa shape index (κ1) is 15.1. The minimum Gasteiger partial charge on any atom is -0.481 e. The number of benzene rings is 2. The van der Waals surface area contributed by atoms with E-state index in [0.29, 0.717) is 16.9 Å². The van der Waals surface area contributed by atoms with Gasteiger partial charge in [0, 0.05) is 24.2 Å². The number of halogens is 2. The first-order valence-electron chi connectivity index (χ1n) is 7.10. The molecule has 0 unspecified atom stereocenters. The van der Waals surface area contributed by atoms with Gasteiger partial charge in [0.15, 0.2) is 11.6 Å². The lowest BCUT2D eigenvalue weighted by Gasteiger charge is -2.10. The Kier molecular flexibility index (Phi) is 3.82. The van der Waals surface area contributed by atoms with Crippen LogP contribution < -0.4 is 0 Å². The highest BCUT2D eigenvalue weighted by Gasteiger charge is 2.17. The number of nitrogens with zero attached hydrogens (tertiary/aromatic N) is 2. The molecule has 0 bridgehead atoms. The van der Waals surface area contributed by atoms with Crippen molar-refractivity contribution in [3.8, 4) is 11.4 Å². The average molecular weight is 316 g/mol. The summed E-state index contributed by atoms with van der Waals surface area (Å²) < 4.78 is 28.7. The molecule has 2 aromatic carbocycles. The van der Waals surface area contributed by atoms with Gasteiger partial charge in [-0.2, -0.15) is 0 Å². The Morgan fingerprint density at radius 1 is 1.22 bits per heavy atom. The second kappa shape index (κ2) is 5.79. The number of hydrogen-bond acceptors (Lipinski definition) is 2. The van der Waals surface area contributed by atoms with Crippen LogP contribution in [0.2, 0.25) is 0 Å². The van der Waals surface area contributed by atoms with Crippen LogP contribution in [0.15, 0.2) is 36.4 Å². The Morgan fingerprint density at radius 3 is 2.61 bits per heavy atom. The first-order valence-corrected chi connectivity index (χ1v) is 7.10. The van der Waals surface area contributed by atoms with Crippen LogP contribution >= 0.6 is 0 Å². The van der Waals surface area contributed by atoms with Crippen LogP contribution in [0.3, 0.4) is 0 Å². The van der Waals surface area contributed by atoms with E-state index in [4.69, 9.17) is 5.11 Å². The van der Waals surface area contributed by atoms with Gasteiger partial charge in [-0.25, -0.2) is 13.8 Å². The molecule has 0 aliphatic rings. The summed E-state index contributed by atoms with van der Waals surface area (Å²) in [6.45, 7) is 2.03. The van der Waals surface area contributed by atoms with Gasteiger partial charge in [-0.15, -0.1) is 0 Å². The Bertz CT molecular complexity index is 903. The molecule has 0 radical (unpaired) electrons. The number of carboxylic acid groups (broad SMARTS) is 1. The van der Waals surface area contributed by atoms with Crippen molar-refractivity contribution in [3.63, 3.8) is 0 Å². The highest BCUT2D eigenvalue weighted by Crippen LogP contribution is 2.28. The van der Waals surface area contributed by atoms with E-state index in [0.717, 1.165) is 23.3 Å². The molecule has 0 atom stereocenters. The number of fused-ring (bicyclic) bond motifs is 1. The van der Waals surface area contributed by atoms with Crippen LogP contribution in [-0.4, -0.2) is 20.6 Å². The summed E-state index contributed by atoms with van der Waals surface area (Å²) in [4.78, 5) is 15.3. The fourth-order valence-electron chi connectivity index (χ4n) is 2.58. The molecule has 0 saturated carbocycles. The summed E-state index contributed by atoms with van der Waals surface area (Å²) in [6, 6.07) is 9.55. The van der Waals surface area contributed by atoms with E-state index in [1.165, 1.54) is 0 Å². The summed E-state index contributed by atoms with van der Waals surface area (Å²) in [5.41, 5.74) is 2.42. The van der Waals surface area contributed by atoms with Crippen molar-refractivity contribution in [1.29, 1.82) is 0 Å². The largest absolute Gasteiger partial charge is 0.481 e. The van der Waals surface area contributed by atoms with Crippen LogP contribution in [0.5, 0.6) is 0 Å². The Labute approximate surface area is 131 Å². The summed E-state index contributed by atoms with van der Waals surface area (Å²) in [7, 11) is 0. The molecule has 6 heteroatoms. The molecule has 0 amide bonds. The number of aromatic nitrogens is 2. The molecule has 1 heterocycles. The molecule has 0 aliphatic heterocycles. The van der Waals surface area contributed by atoms with Crippen LogP contribution in [0, 0.1) is 18.6 Å². The minimum absolute atomic E-state index is 0.126. The third-order valence-corrected chi connectivity index (χ3v) is 3.73. The highest BCUT2D eigenvalue weighted by molar-refractivity contribution is 5.81. The van der Waals surface area contributed by atoms with Crippen molar-refractivity contribution < 1.29 is 18.7 Å². The van der Waals surface area contributed by atoms with E-state index in [-0.39, 0.29) is 13.0 Å². The zero-order chi connectivity index (χ0) is 16.6. The fourth-order valence-corrected chi connectivity index (χ4v) is 2.58. The maximum atomic E-state index is 13.6. The number of carbonyl (C=O) groups is 1. The van der Waals surface area contributed by atoms with Gasteiger partial charge in [0.1, 0.15) is 5.82 Å². The van der Waals surface area contributed by atoms with Crippen LogP contribution in [0.1, 0.15) is 12.0 Å². The molecule has 0 fully saturated rings. The molecule has 0 spiro atoms. The number of rotatable bonds is 4. The predicted octanol–water partition coefficient (Wildman–Crippen LogP) is 3.76. The Hall–Kier alpha value is -2.76. The summed E-state index contributed by atoms with van der Waals surface area (Å²) in [5, 5.41) is 8.93. The SMILES string of the molecule is Cc1ccccc1-c1nc2cc(F)c(F)cc2n1CCC(=O)O. The van der Waals surface area contributed by atoms with Crippen LogP contribution in [-0.2, 0) is 11.3 Å². The molecule has 3 aromatic rings. The number of imidazole rings is 1. The predicted molar refractivity (Wildman–Crippen MR) is 82.1 cm³/mol. The van der Waals surface area contributed by atoms with E-state index in [1.807, 2.05) is 31.2 Å². The quantitative estimate of drug-likeness (QED) is 0.797. The second-order valence-corrected chi connectivity index (χ2v) is 5.30. The lowest BCUT2D eigenvalue weighted by Crippen LogP contribution is -2.06. The van der Waals surface area contributed by atoms with E-state index in [1.54, 1.807) is 4.57 Å². The normalized spacial score (nSPS) is 11.1. The van der Waals surface area contributed by atoms with Crippen molar-refractivity contribution in [1.82, 2.24) is 9.55 Å².